The van der Waals surface area contributed by atoms with Gasteiger partial charge in [0.05, 0.1) is 17.0 Å². The largest absolute Gasteiger partial charge is 0.416 e. The summed E-state index contributed by atoms with van der Waals surface area (Å²) in [5.41, 5.74) is 4.21. The molecule has 0 saturated carbocycles. The van der Waals surface area contributed by atoms with Crippen LogP contribution in [0.15, 0.2) is 103 Å². The van der Waals surface area contributed by atoms with Crippen molar-refractivity contribution in [3.8, 4) is 22.4 Å². The fourth-order valence-corrected chi connectivity index (χ4v) is 4.18. The molecular weight excluding hydrogens is 463 g/mol. The van der Waals surface area contributed by atoms with Crippen LogP contribution in [0.2, 0.25) is 0 Å². The highest BCUT2D eigenvalue weighted by Gasteiger charge is 2.30. The van der Waals surface area contributed by atoms with Gasteiger partial charge in [0.1, 0.15) is 5.65 Å². The lowest BCUT2D eigenvalue weighted by Gasteiger charge is -2.10. The van der Waals surface area contributed by atoms with E-state index in [1.165, 1.54) is 6.07 Å². The third kappa shape index (κ3) is 5.00. The first-order valence-corrected chi connectivity index (χ1v) is 11.5. The van der Waals surface area contributed by atoms with Crippen molar-refractivity contribution in [3.05, 3.63) is 115 Å². The Morgan fingerprint density at radius 3 is 2.22 bits per heavy atom. The second-order valence-electron chi connectivity index (χ2n) is 8.41. The maximum Gasteiger partial charge on any atom is 0.416 e. The summed E-state index contributed by atoms with van der Waals surface area (Å²) >= 11 is 0. The van der Waals surface area contributed by atoms with E-state index in [0.717, 1.165) is 34.8 Å². The van der Waals surface area contributed by atoms with Crippen molar-refractivity contribution in [1.29, 1.82) is 0 Å². The van der Waals surface area contributed by atoms with E-state index in [2.05, 4.69) is 5.32 Å². The molecule has 0 spiro atoms. The predicted molar refractivity (Wildman–Crippen MR) is 134 cm³/mol. The molecule has 3 aromatic carbocycles. The number of fused-ring (bicyclic) bond motifs is 1. The normalized spacial score (nSPS) is 11.5. The molecule has 7 heteroatoms. The Hall–Kier alpha value is -4.39. The molecule has 5 rings (SSSR count). The van der Waals surface area contributed by atoms with Crippen LogP contribution in [-0.4, -0.2) is 15.3 Å². The van der Waals surface area contributed by atoms with Gasteiger partial charge in [-0.1, -0.05) is 60.7 Å². The monoisotopic (exact) mass is 485 g/mol. The van der Waals surface area contributed by atoms with Gasteiger partial charge in [-0.2, -0.15) is 13.2 Å². The molecule has 0 saturated heterocycles. The van der Waals surface area contributed by atoms with Gasteiger partial charge in [0.2, 0.25) is 5.91 Å². The second kappa shape index (κ2) is 9.70. The molecule has 180 valence electrons. The summed E-state index contributed by atoms with van der Waals surface area (Å²) in [7, 11) is 0. The van der Waals surface area contributed by atoms with E-state index in [4.69, 9.17) is 4.98 Å². The van der Waals surface area contributed by atoms with Gasteiger partial charge >= 0.3 is 6.18 Å². The molecule has 0 aliphatic carbocycles. The number of rotatable bonds is 6. The number of hydrogen-bond donors (Lipinski definition) is 1. The van der Waals surface area contributed by atoms with Crippen molar-refractivity contribution in [1.82, 2.24) is 9.38 Å². The zero-order chi connectivity index (χ0) is 25.1. The van der Waals surface area contributed by atoms with E-state index < -0.39 is 11.7 Å². The van der Waals surface area contributed by atoms with Gasteiger partial charge in [-0.15, -0.1) is 0 Å². The van der Waals surface area contributed by atoms with Gasteiger partial charge in [0.25, 0.3) is 0 Å². The van der Waals surface area contributed by atoms with Crippen LogP contribution in [0, 0.1) is 0 Å². The number of benzene rings is 3. The minimum absolute atomic E-state index is 0.135. The quantitative estimate of drug-likeness (QED) is 0.275. The lowest BCUT2D eigenvalue weighted by molar-refractivity contribution is -0.137. The lowest BCUT2D eigenvalue weighted by Crippen LogP contribution is -2.13. The fraction of sp³-hybridized carbons (Fsp3) is 0.103. The number of para-hydroxylation sites is 1. The number of nitrogens with one attached hydrogen (secondary N) is 1. The van der Waals surface area contributed by atoms with E-state index in [1.807, 2.05) is 65.1 Å². The number of hydrogen-bond acceptors (Lipinski definition) is 2. The van der Waals surface area contributed by atoms with Crippen molar-refractivity contribution in [2.45, 2.75) is 19.0 Å². The molecule has 0 atom stereocenters. The smallest absolute Gasteiger partial charge is 0.326 e. The molecule has 36 heavy (non-hydrogen) atoms. The number of amides is 1. The van der Waals surface area contributed by atoms with Crippen LogP contribution >= 0.6 is 0 Å². The molecule has 4 nitrogen and oxygen atoms in total. The van der Waals surface area contributed by atoms with Crippen molar-refractivity contribution in [3.63, 3.8) is 0 Å². The average molecular weight is 486 g/mol. The molecule has 0 aliphatic rings. The number of carbonyl (C=O) groups is 1. The summed E-state index contributed by atoms with van der Waals surface area (Å²) in [6, 6.07) is 27.7. The number of pyridine rings is 1. The highest BCUT2D eigenvalue weighted by molar-refractivity contribution is 5.91. The Bertz CT molecular complexity index is 1510. The minimum atomic E-state index is -4.42. The van der Waals surface area contributed by atoms with Crippen LogP contribution < -0.4 is 5.32 Å². The van der Waals surface area contributed by atoms with Gasteiger partial charge in [0.15, 0.2) is 0 Å². The standard InChI is InChI=1S/C29H22F3N3O/c30-29(31,32)23-11-7-10-21(18-23)22-14-16-26-34-28(20-8-3-1-4-9-20)25(35(26)19-22)15-17-27(36)33-24-12-5-2-6-13-24/h1-14,16,18-19H,15,17H2,(H,33,36). The number of carbonyl (C=O) groups excluding carboxylic acids is 1. The van der Waals surface area contributed by atoms with Gasteiger partial charge in [-0.3, -0.25) is 4.79 Å². The molecule has 0 fully saturated rings. The first-order valence-electron chi connectivity index (χ1n) is 11.5. The Morgan fingerprint density at radius 1 is 0.806 bits per heavy atom. The Kier molecular flexibility index (Phi) is 6.29. The lowest BCUT2D eigenvalue weighted by atomic mass is 10.0. The van der Waals surface area contributed by atoms with Crippen molar-refractivity contribution >= 4 is 17.2 Å². The summed E-state index contributed by atoms with van der Waals surface area (Å²) < 4.78 is 41.7. The number of nitrogens with zero attached hydrogens (tertiary/aromatic N) is 2. The van der Waals surface area contributed by atoms with Crippen LogP contribution in [0.3, 0.4) is 0 Å². The molecule has 2 aromatic heterocycles. The van der Waals surface area contributed by atoms with Crippen LogP contribution in [0.1, 0.15) is 17.7 Å². The number of imidazole rings is 1. The maximum absolute atomic E-state index is 13.3. The Balaban J connectivity index is 1.52. The minimum Gasteiger partial charge on any atom is -0.326 e. The van der Waals surface area contributed by atoms with Gasteiger partial charge in [-0.25, -0.2) is 4.98 Å². The van der Waals surface area contributed by atoms with Crippen LogP contribution in [0.4, 0.5) is 18.9 Å². The molecule has 0 radical (unpaired) electrons. The number of aromatic nitrogens is 2. The van der Waals surface area contributed by atoms with E-state index in [1.54, 1.807) is 24.4 Å². The van der Waals surface area contributed by atoms with Gasteiger partial charge in [0, 0.05) is 23.9 Å². The topological polar surface area (TPSA) is 46.4 Å². The van der Waals surface area contributed by atoms with Crippen LogP contribution in [0.5, 0.6) is 0 Å². The summed E-state index contributed by atoms with van der Waals surface area (Å²) in [4.78, 5) is 17.5. The number of anilines is 1. The Labute approximate surface area is 206 Å². The Morgan fingerprint density at radius 2 is 1.50 bits per heavy atom. The second-order valence-corrected chi connectivity index (χ2v) is 8.41. The zero-order valence-electron chi connectivity index (χ0n) is 19.2. The van der Waals surface area contributed by atoms with Crippen LogP contribution in [-0.2, 0) is 17.4 Å². The summed E-state index contributed by atoms with van der Waals surface area (Å²) in [5.74, 6) is -0.135. The van der Waals surface area contributed by atoms with E-state index >= 15 is 0 Å². The van der Waals surface area contributed by atoms with Crippen molar-refractivity contribution < 1.29 is 18.0 Å². The fourth-order valence-electron chi connectivity index (χ4n) is 4.18. The number of aryl methyl sites for hydroxylation is 1. The first-order chi connectivity index (χ1) is 17.4. The van der Waals surface area contributed by atoms with Gasteiger partial charge < -0.3 is 9.72 Å². The van der Waals surface area contributed by atoms with Crippen molar-refractivity contribution in [2.24, 2.45) is 0 Å². The molecule has 0 aliphatic heterocycles. The summed E-state index contributed by atoms with van der Waals surface area (Å²) in [6.07, 6.45) is -2.02. The molecule has 1 N–H and O–H groups in total. The summed E-state index contributed by atoms with van der Waals surface area (Å²) in [5, 5.41) is 2.89. The third-order valence-electron chi connectivity index (χ3n) is 5.93. The maximum atomic E-state index is 13.3. The van der Waals surface area contributed by atoms with E-state index in [-0.39, 0.29) is 12.3 Å². The van der Waals surface area contributed by atoms with Gasteiger partial charge in [-0.05, 0) is 53.9 Å². The SMILES string of the molecule is O=C(CCc1c(-c2ccccc2)nc2ccc(-c3cccc(C(F)(F)F)c3)cn12)Nc1ccccc1. The van der Waals surface area contributed by atoms with Crippen LogP contribution in [0.25, 0.3) is 28.0 Å². The summed E-state index contributed by atoms with van der Waals surface area (Å²) in [6.45, 7) is 0. The predicted octanol–water partition coefficient (Wildman–Crippen LogP) is 7.26. The first kappa shape index (κ1) is 23.4. The highest BCUT2D eigenvalue weighted by Crippen LogP contribution is 2.33. The van der Waals surface area contributed by atoms with E-state index in [9.17, 15) is 18.0 Å². The molecule has 0 unspecified atom stereocenters. The molecule has 5 aromatic rings. The zero-order valence-corrected chi connectivity index (χ0v) is 19.2. The molecule has 2 heterocycles. The molecule has 0 bridgehead atoms. The molecule has 1 amide bonds. The third-order valence-corrected chi connectivity index (χ3v) is 5.93. The van der Waals surface area contributed by atoms with E-state index in [0.29, 0.717) is 23.2 Å². The average Bonchev–Trinajstić information content (AvgIpc) is 3.26. The highest BCUT2D eigenvalue weighted by atomic mass is 19.4. The number of alkyl halides is 3. The number of halogens is 3. The molecular formula is C29H22F3N3O. The van der Waals surface area contributed by atoms with Crippen molar-refractivity contribution in [2.75, 3.05) is 5.32 Å².